The van der Waals surface area contributed by atoms with Crippen LogP contribution in [0.5, 0.6) is 0 Å². The number of hydrogen-bond donors (Lipinski definition) is 1. The first-order chi connectivity index (χ1) is 14.7. The Morgan fingerprint density at radius 3 is 2.42 bits per heavy atom. The molecular weight excluding hydrogens is 439 g/mol. The smallest absolute Gasteiger partial charge is 0.256 e. The molecule has 0 spiro atoms. The molecule has 1 heterocycles. The normalized spacial score (nSPS) is 11.5. The third-order valence-electron chi connectivity index (χ3n) is 4.71. The van der Waals surface area contributed by atoms with Crippen molar-refractivity contribution in [3.8, 4) is 11.3 Å². The fourth-order valence-electron chi connectivity index (χ4n) is 3.15. The highest BCUT2D eigenvalue weighted by Gasteiger charge is 2.17. The second-order valence-electron chi connectivity index (χ2n) is 6.95. The minimum atomic E-state index is -3.56. The fourth-order valence-corrected chi connectivity index (χ4v) is 3.93. The Bertz CT molecular complexity index is 1420. The second kappa shape index (κ2) is 8.09. The van der Waals surface area contributed by atoms with Crippen LogP contribution in [0.15, 0.2) is 77.7 Å². The number of pyridine rings is 1. The second-order valence-corrected chi connectivity index (χ2v) is 9.40. The van der Waals surface area contributed by atoms with E-state index in [2.05, 4.69) is 10.3 Å². The van der Waals surface area contributed by atoms with E-state index < -0.39 is 21.6 Å². The van der Waals surface area contributed by atoms with Gasteiger partial charge in [-0.2, -0.15) is 0 Å². The van der Waals surface area contributed by atoms with Gasteiger partial charge in [-0.15, -0.1) is 0 Å². The number of carbonyl (C=O) groups excluding carboxylic acids is 1. The summed E-state index contributed by atoms with van der Waals surface area (Å²) in [5.41, 5.74) is 1.95. The topological polar surface area (TPSA) is 76.1 Å². The summed E-state index contributed by atoms with van der Waals surface area (Å²) in [4.78, 5) is 17.6. The van der Waals surface area contributed by atoms with E-state index in [9.17, 15) is 17.6 Å². The number of para-hydroxylation sites is 1. The van der Waals surface area contributed by atoms with E-state index in [1.807, 2.05) is 0 Å². The summed E-state index contributed by atoms with van der Waals surface area (Å²) < 4.78 is 37.9. The predicted octanol–water partition coefficient (Wildman–Crippen LogP) is 5.35. The van der Waals surface area contributed by atoms with Crippen LogP contribution in [-0.4, -0.2) is 25.6 Å². The highest BCUT2D eigenvalue weighted by molar-refractivity contribution is 7.90. The molecule has 5 nitrogen and oxygen atoms in total. The lowest BCUT2D eigenvalue weighted by Crippen LogP contribution is -2.14. The van der Waals surface area contributed by atoms with Crippen molar-refractivity contribution in [3.63, 3.8) is 0 Å². The van der Waals surface area contributed by atoms with Crippen molar-refractivity contribution in [1.82, 2.24) is 4.98 Å². The summed E-state index contributed by atoms with van der Waals surface area (Å²) in [5.74, 6) is -1.32. The number of halogens is 2. The minimum Gasteiger partial charge on any atom is -0.319 e. The van der Waals surface area contributed by atoms with Gasteiger partial charge in [0, 0.05) is 22.2 Å². The zero-order valence-electron chi connectivity index (χ0n) is 16.3. The van der Waals surface area contributed by atoms with Gasteiger partial charge in [0.1, 0.15) is 5.82 Å². The van der Waals surface area contributed by atoms with Gasteiger partial charge in [0.15, 0.2) is 9.84 Å². The zero-order chi connectivity index (χ0) is 22.2. The number of nitrogens with zero attached hydrogens (tertiary/aromatic N) is 1. The molecule has 1 aromatic heterocycles. The Kier molecular flexibility index (Phi) is 5.47. The number of aromatic nitrogens is 1. The number of fused-ring (bicyclic) bond motifs is 1. The molecule has 0 radical (unpaired) electrons. The van der Waals surface area contributed by atoms with Gasteiger partial charge in [0.05, 0.1) is 27.4 Å². The van der Waals surface area contributed by atoms with Gasteiger partial charge in [-0.25, -0.2) is 17.8 Å². The largest absolute Gasteiger partial charge is 0.319 e. The maximum Gasteiger partial charge on any atom is 0.256 e. The molecule has 1 amide bonds. The van der Waals surface area contributed by atoms with E-state index in [-0.39, 0.29) is 16.1 Å². The number of rotatable bonds is 4. The van der Waals surface area contributed by atoms with Crippen LogP contribution >= 0.6 is 11.6 Å². The van der Waals surface area contributed by atoms with Crippen molar-refractivity contribution < 1.29 is 17.6 Å². The molecule has 0 unspecified atom stereocenters. The molecule has 4 aromatic rings. The van der Waals surface area contributed by atoms with Gasteiger partial charge in [-0.05, 0) is 42.5 Å². The molecule has 156 valence electrons. The summed E-state index contributed by atoms with van der Waals surface area (Å²) in [5, 5.41) is 3.65. The number of sulfone groups is 1. The lowest BCUT2D eigenvalue weighted by atomic mass is 10.0. The van der Waals surface area contributed by atoms with Crippen molar-refractivity contribution in [2.45, 2.75) is 4.90 Å². The van der Waals surface area contributed by atoms with Gasteiger partial charge in [-0.1, -0.05) is 41.9 Å². The average Bonchev–Trinajstić information content (AvgIpc) is 2.74. The van der Waals surface area contributed by atoms with Crippen LogP contribution in [0, 0.1) is 5.82 Å². The Balaban J connectivity index is 1.80. The molecule has 0 saturated heterocycles. The first kappa shape index (κ1) is 21.0. The molecule has 0 saturated carbocycles. The van der Waals surface area contributed by atoms with Crippen molar-refractivity contribution in [2.24, 2.45) is 0 Å². The number of benzene rings is 3. The van der Waals surface area contributed by atoms with Crippen LogP contribution in [0.3, 0.4) is 0 Å². The number of amides is 1. The molecule has 1 N–H and O–H groups in total. The minimum absolute atomic E-state index is 0.0920. The lowest BCUT2D eigenvalue weighted by Gasteiger charge is -2.12. The van der Waals surface area contributed by atoms with Crippen LogP contribution in [-0.2, 0) is 9.84 Å². The number of hydrogen-bond acceptors (Lipinski definition) is 4. The molecule has 31 heavy (non-hydrogen) atoms. The zero-order valence-corrected chi connectivity index (χ0v) is 17.8. The average molecular weight is 455 g/mol. The first-order valence-corrected chi connectivity index (χ1v) is 11.5. The van der Waals surface area contributed by atoms with E-state index in [1.54, 1.807) is 54.6 Å². The Hall–Kier alpha value is -3.29. The van der Waals surface area contributed by atoms with Crippen molar-refractivity contribution in [3.05, 3.63) is 89.2 Å². The fraction of sp³-hybridized carbons (Fsp3) is 0.0435. The molecule has 0 aliphatic heterocycles. The van der Waals surface area contributed by atoms with E-state index in [0.717, 1.165) is 30.0 Å². The highest BCUT2D eigenvalue weighted by Crippen LogP contribution is 2.27. The van der Waals surface area contributed by atoms with Crippen molar-refractivity contribution in [2.75, 3.05) is 11.6 Å². The Labute approximate surface area is 183 Å². The third kappa shape index (κ3) is 4.42. The molecule has 0 aliphatic carbocycles. The SMILES string of the molecule is CS(=O)(=O)c1ccc(F)c(NC(=O)c2cc(-c3ccc(Cl)cc3)nc3ccccc23)c1. The monoisotopic (exact) mass is 454 g/mol. The standard InChI is InChI=1S/C23H16ClFN2O3S/c1-31(29,30)16-10-11-19(25)22(12-16)27-23(28)18-13-21(14-6-8-15(24)9-7-14)26-20-5-3-2-4-17(18)20/h2-13H,1H3,(H,27,28). The van der Waals surface area contributed by atoms with E-state index in [4.69, 9.17) is 11.6 Å². The lowest BCUT2D eigenvalue weighted by molar-refractivity contribution is 0.102. The third-order valence-corrected chi connectivity index (χ3v) is 6.08. The van der Waals surface area contributed by atoms with E-state index in [0.29, 0.717) is 21.6 Å². The number of anilines is 1. The number of nitrogens with one attached hydrogen (secondary N) is 1. The predicted molar refractivity (Wildman–Crippen MR) is 120 cm³/mol. The van der Waals surface area contributed by atoms with Gasteiger partial charge < -0.3 is 5.32 Å². The summed E-state index contributed by atoms with van der Waals surface area (Å²) in [7, 11) is -3.56. The van der Waals surface area contributed by atoms with Crippen LogP contribution < -0.4 is 5.32 Å². The van der Waals surface area contributed by atoms with Crippen LogP contribution in [0.2, 0.25) is 5.02 Å². The van der Waals surface area contributed by atoms with Crippen LogP contribution in [0.25, 0.3) is 22.2 Å². The maximum atomic E-state index is 14.3. The van der Waals surface area contributed by atoms with Crippen LogP contribution in [0.1, 0.15) is 10.4 Å². The van der Waals surface area contributed by atoms with Gasteiger partial charge in [-0.3, -0.25) is 4.79 Å². The summed E-state index contributed by atoms with van der Waals surface area (Å²) in [6, 6.07) is 19.0. The molecule has 0 atom stereocenters. The van der Waals surface area contributed by atoms with Crippen molar-refractivity contribution in [1.29, 1.82) is 0 Å². The van der Waals surface area contributed by atoms with E-state index in [1.165, 1.54) is 0 Å². The van der Waals surface area contributed by atoms with E-state index >= 15 is 0 Å². The summed E-state index contributed by atoms with van der Waals surface area (Å²) in [6.45, 7) is 0. The summed E-state index contributed by atoms with van der Waals surface area (Å²) >= 11 is 5.96. The van der Waals surface area contributed by atoms with Gasteiger partial charge >= 0.3 is 0 Å². The molecule has 3 aromatic carbocycles. The van der Waals surface area contributed by atoms with Crippen LogP contribution in [0.4, 0.5) is 10.1 Å². The highest BCUT2D eigenvalue weighted by atomic mass is 35.5. The summed E-state index contributed by atoms with van der Waals surface area (Å²) in [6.07, 6.45) is 1.01. The van der Waals surface area contributed by atoms with Gasteiger partial charge in [0.2, 0.25) is 0 Å². The Morgan fingerprint density at radius 1 is 1.00 bits per heavy atom. The quantitative estimate of drug-likeness (QED) is 0.422. The molecule has 0 fully saturated rings. The molecule has 0 aliphatic rings. The maximum absolute atomic E-state index is 14.3. The number of carbonyl (C=O) groups is 1. The molecule has 4 rings (SSSR count). The molecular formula is C23H16ClFN2O3S. The Morgan fingerprint density at radius 2 is 1.71 bits per heavy atom. The molecule has 8 heteroatoms. The van der Waals surface area contributed by atoms with Crippen molar-refractivity contribution >= 4 is 43.9 Å². The molecule has 0 bridgehead atoms. The van der Waals surface area contributed by atoms with Gasteiger partial charge in [0.25, 0.3) is 5.91 Å². The first-order valence-electron chi connectivity index (χ1n) is 9.19.